The van der Waals surface area contributed by atoms with Crippen LogP contribution in [-0.4, -0.2) is 6.21 Å². The zero-order valence-corrected chi connectivity index (χ0v) is 10.4. The lowest BCUT2D eigenvalue weighted by Crippen LogP contribution is -1.93. The van der Waals surface area contributed by atoms with Crippen molar-refractivity contribution in [3.63, 3.8) is 0 Å². The quantitative estimate of drug-likeness (QED) is 0.602. The van der Waals surface area contributed by atoms with E-state index in [1.54, 1.807) is 0 Å². The molecule has 0 aliphatic carbocycles. The molecule has 0 spiro atoms. The number of hydrogen-bond acceptors (Lipinski definition) is 1. The van der Waals surface area contributed by atoms with Crippen LogP contribution in [-0.2, 0) is 0 Å². The summed E-state index contributed by atoms with van der Waals surface area (Å²) in [5.74, 6) is 0. The van der Waals surface area contributed by atoms with Crippen molar-refractivity contribution in [2.24, 2.45) is 4.99 Å². The van der Waals surface area contributed by atoms with Gasteiger partial charge in [0.1, 0.15) is 0 Å². The lowest BCUT2D eigenvalue weighted by molar-refractivity contribution is 0.935. The summed E-state index contributed by atoms with van der Waals surface area (Å²) in [6, 6.07) is 0. The molecular weight excluding hydrogens is 170 g/mol. The third kappa shape index (κ3) is 5.74. The molecule has 0 bridgehead atoms. The number of rotatable bonds is 2. The molecule has 1 aliphatic heterocycles. The van der Waals surface area contributed by atoms with Crippen molar-refractivity contribution in [2.75, 3.05) is 0 Å². The Kier molecular flexibility index (Phi) is 13.6. The predicted octanol–water partition coefficient (Wildman–Crippen LogP) is 4.75. The molecule has 0 amide bonds. The second-order valence-corrected chi connectivity index (χ2v) is 2.38. The minimum atomic E-state index is 1.03. The normalized spacial score (nSPS) is 13.5. The maximum atomic E-state index is 4.28. The lowest BCUT2D eigenvalue weighted by Gasteiger charge is -2.09. The summed E-state index contributed by atoms with van der Waals surface area (Å²) < 4.78 is 0. The van der Waals surface area contributed by atoms with E-state index >= 15 is 0 Å². The van der Waals surface area contributed by atoms with Gasteiger partial charge in [0.15, 0.2) is 0 Å². The third-order valence-electron chi connectivity index (χ3n) is 1.74. The molecule has 14 heavy (non-hydrogen) atoms. The van der Waals surface area contributed by atoms with Crippen molar-refractivity contribution in [3.05, 3.63) is 23.9 Å². The van der Waals surface area contributed by atoms with Crippen LogP contribution in [0.1, 0.15) is 53.9 Å². The number of hydrogen-bond donors (Lipinski definition) is 0. The molecule has 0 saturated heterocycles. The highest BCUT2D eigenvalue weighted by atomic mass is 14.7. The summed E-state index contributed by atoms with van der Waals surface area (Å²) in [7, 11) is 0. The van der Waals surface area contributed by atoms with Gasteiger partial charge in [0.25, 0.3) is 0 Å². The molecule has 0 fully saturated rings. The van der Waals surface area contributed by atoms with Gasteiger partial charge in [-0.25, -0.2) is 0 Å². The first kappa shape index (κ1) is 15.6. The van der Waals surface area contributed by atoms with Crippen molar-refractivity contribution in [3.8, 4) is 0 Å². The highest BCUT2D eigenvalue weighted by molar-refractivity contribution is 5.62. The Morgan fingerprint density at radius 1 is 1.36 bits per heavy atom. The standard InChI is InChI=1S/C9H13N.2C2H6/c1-3-8-6-5-7-10-9(8)4-2;2*1-2/h3,7H,1,4-6H2,2H3;2*1-2H3. The molecule has 1 heterocycles. The van der Waals surface area contributed by atoms with E-state index in [0.717, 1.165) is 19.3 Å². The van der Waals surface area contributed by atoms with Gasteiger partial charge in [0, 0.05) is 11.9 Å². The second-order valence-electron chi connectivity index (χ2n) is 2.38. The monoisotopic (exact) mass is 195 g/mol. The highest BCUT2D eigenvalue weighted by Gasteiger charge is 2.03. The fourth-order valence-electron chi connectivity index (χ4n) is 1.16. The first-order valence-corrected chi connectivity index (χ1v) is 5.75. The van der Waals surface area contributed by atoms with E-state index in [0.29, 0.717) is 0 Å². The molecule has 1 aliphatic rings. The molecule has 0 aromatic rings. The van der Waals surface area contributed by atoms with Crippen LogP contribution in [0.3, 0.4) is 0 Å². The average Bonchev–Trinajstić information content (AvgIpc) is 2.34. The zero-order chi connectivity index (χ0) is 11.4. The molecule has 0 atom stereocenters. The van der Waals surface area contributed by atoms with Gasteiger partial charge in [-0.3, -0.25) is 4.99 Å². The van der Waals surface area contributed by atoms with Gasteiger partial charge in [-0.15, -0.1) is 0 Å². The predicted molar refractivity (Wildman–Crippen MR) is 67.9 cm³/mol. The van der Waals surface area contributed by atoms with Crippen molar-refractivity contribution in [1.82, 2.24) is 0 Å². The van der Waals surface area contributed by atoms with Crippen LogP contribution in [0.4, 0.5) is 0 Å². The minimum absolute atomic E-state index is 1.03. The number of allylic oxidation sites excluding steroid dienone is 3. The maximum Gasteiger partial charge on any atom is 0.0428 e. The fraction of sp³-hybridized carbons (Fsp3) is 0.615. The van der Waals surface area contributed by atoms with Crippen LogP contribution in [0, 0.1) is 0 Å². The van der Waals surface area contributed by atoms with Gasteiger partial charge in [0.05, 0.1) is 0 Å². The Morgan fingerprint density at radius 3 is 2.29 bits per heavy atom. The van der Waals surface area contributed by atoms with Gasteiger partial charge in [-0.1, -0.05) is 47.3 Å². The minimum Gasteiger partial charge on any atom is -0.265 e. The molecule has 0 saturated carbocycles. The molecule has 1 heteroatoms. The summed E-state index contributed by atoms with van der Waals surface area (Å²) in [5.41, 5.74) is 2.53. The molecule has 0 unspecified atom stereocenters. The SMILES string of the molecule is C=CC1=C(CC)N=CCC1.CC.CC. The molecule has 0 aromatic heterocycles. The molecule has 0 radical (unpaired) electrons. The maximum absolute atomic E-state index is 4.28. The van der Waals surface area contributed by atoms with E-state index in [4.69, 9.17) is 0 Å². The van der Waals surface area contributed by atoms with Gasteiger partial charge < -0.3 is 0 Å². The topological polar surface area (TPSA) is 12.4 Å². The van der Waals surface area contributed by atoms with E-state index in [2.05, 4.69) is 18.5 Å². The van der Waals surface area contributed by atoms with E-state index in [1.807, 2.05) is 40.0 Å². The summed E-state index contributed by atoms with van der Waals surface area (Å²) in [5, 5.41) is 0. The van der Waals surface area contributed by atoms with Crippen molar-refractivity contribution in [2.45, 2.75) is 53.9 Å². The molecule has 0 N–H and O–H groups in total. The molecular formula is C13H25N. The lowest BCUT2D eigenvalue weighted by atomic mass is 10.0. The molecule has 1 nitrogen and oxygen atoms in total. The van der Waals surface area contributed by atoms with Crippen molar-refractivity contribution < 1.29 is 0 Å². The Hall–Kier alpha value is -0.850. The molecule has 82 valence electrons. The largest absolute Gasteiger partial charge is 0.265 e. The van der Waals surface area contributed by atoms with Crippen LogP contribution in [0.25, 0.3) is 0 Å². The molecule has 1 rings (SSSR count). The summed E-state index contributed by atoms with van der Waals surface area (Å²) in [6.07, 6.45) is 7.14. The first-order chi connectivity index (χ1) is 6.88. The first-order valence-electron chi connectivity index (χ1n) is 5.75. The summed E-state index contributed by atoms with van der Waals surface area (Å²) >= 11 is 0. The van der Waals surface area contributed by atoms with Gasteiger partial charge >= 0.3 is 0 Å². The third-order valence-corrected chi connectivity index (χ3v) is 1.74. The number of aliphatic imine (C=N–C) groups is 1. The Labute approximate surface area is 89.6 Å². The zero-order valence-electron chi connectivity index (χ0n) is 10.4. The van der Waals surface area contributed by atoms with E-state index in [-0.39, 0.29) is 0 Å². The van der Waals surface area contributed by atoms with Crippen LogP contribution >= 0.6 is 0 Å². The molecule has 0 aromatic carbocycles. The average molecular weight is 195 g/mol. The van der Waals surface area contributed by atoms with E-state index in [9.17, 15) is 0 Å². The summed E-state index contributed by atoms with van der Waals surface area (Å²) in [6.45, 7) is 13.9. The fourth-order valence-corrected chi connectivity index (χ4v) is 1.16. The van der Waals surface area contributed by atoms with Gasteiger partial charge in [-0.05, 0) is 24.8 Å². The van der Waals surface area contributed by atoms with Crippen LogP contribution < -0.4 is 0 Å². The second kappa shape index (κ2) is 12.2. The Bertz CT molecular complexity index is 187. The Balaban J connectivity index is 0. The van der Waals surface area contributed by atoms with Crippen molar-refractivity contribution >= 4 is 6.21 Å². The Morgan fingerprint density at radius 2 is 1.93 bits per heavy atom. The van der Waals surface area contributed by atoms with Crippen LogP contribution in [0.2, 0.25) is 0 Å². The van der Waals surface area contributed by atoms with Crippen LogP contribution in [0.15, 0.2) is 28.9 Å². The van der Waals surface area contributed by atoms with Crippen molar-refractivity contribution in [1.29, 1.82) is 0 Å². The van der Waals surface area contributed by atoms with Crippen LogP contribution in [0.5, 0.6) is 0 Å². The van der Waals surface area contributed by atoms with Gasteiger partial charge in [0.2, 0.25) is 0 Å². The highest BCUT2D eigenvalue weighted by Crippen LogP contribution is 2.19. The van der Waals surface area contributed by atoms with Gasteiger partial charge in [-0.2, -0.15) is 0 Å². The number of nitrogens with zero attached hydrogens (tertiary/aromatic N) is 1. The van der Waals surface area contributed by atoms with E-state index in [1.165, 1.54) is 11.3 Å². The van der Waals surface area contributed by atoms with E-state index < -0.39 is 0 Å². The smallest absolute Gasteiger partial charge is 0.0428 e. The summed E-state index contributed by atoms with van der Waals surface area (Å²) in [4.78, 5) is 4.28.